The third kappa shape index (κ3) is 3.93. The summed E-state index contributed by atoms with van der Waals surface area (Å²) in [4.78, 5) is 16.6. The lowest BCUT2D eigenvalue weighted by Crippen LogP contribution is -2.53. The number of hydrogen-bond acceptors (Lipinski definition) is 4. The normalized spacial score (nSPS) is 20.8. The molecule has 184 valence electrons. The molecule has 1 aliphatic heterocycles. The highest BCUT2D eigenvalue weighted by Crippen LogP contribution is 2.56. The Morgan fingerprint density at radius 1 is 0.917 bits per heavy atom. The SMILES string of the molecule is CC1=CC[C@@]2(C(=O)C(Sc3ccccc3)=C(C)C)c3ccccc3N(S(=O)(=O)c3ccccc3)[C@H]2C1. The lowest BCUT2D eigenvalue weighted by Gasteiger charge is -2.41. The zero-order valence-electron chi connectivity index (χ0n) is 20.6. The molecule has 1 heterocycles. The molecule has 0 unspecified atom stereocenters. The first-order valence-electron chi connectivity index (χ1n) is 12.1. The van der Waals surface area contributed by atoms with E-state index in [2.05, 4.69) is 6.08 Å². The number of ketones is 1. The van der Waals surface area contributed by atoms with E-state index < -0.39 is 21.5 Å². The van der Waals surface area contributed by atoms with Crippen LogP contribution in [-0.4, -0.2) is 20.2 Å². The fourth-order valence-electron chi connectivity index (χ4n) is 5.37. The summed E-state index contributed by atoms with van der Waals surface area (Å²) in [6, 6.07) is 25.4. The molecular formula is C30H29NO3S2. The van der Waals surface area contributed by atoms with E-state index in [9.17, 15) is 13.2 Å². The monoisotopic (exact) mass is 515 g/mol. The molecule has 36 heavy (non-hydrogen) atoms. The van der Waals surface area contributed by atoms with E-state index >= 15 is 0 Å². The fourth-order valence-corrected chi connectivity index (χ4v) is 8.11. The number of carbonyl (C=O) groups excluding carboxylic acids is 1. The average molecular weight is 516 g/mol. The summed E-state index contributed by atoms with van der Waals surface area (Å²) in [5.74, 6) is -0.0108. The van der Waals surface area contributed by atoms with Crippen LogP contribution in [0.2, 0.25) is 0 Å². The largest absolute Gasteiger partial charge is 0.292 e. The lowest BCUT2D eigenvalue weighted by molar-refractivity contribution is -0.120. The number of hydrogen-bond donors (Lipinski definition) is 0. The number of benzene rings is 3. The zero-order valence-corrected chi connectivity index (χ0v) is 22.3. The predicted octanol–water partition coefficient (Wildman–Crippen LogP) is 6.90. The maximum absolute atomic E-state index is 14.7. The van der Waals surface area contributed by atoms with E-state index in [1.807, 2.05) is 75.4 Å². The average Bonchev–Trinajstić information content (AvgIpc) is 3.19. The van der Waals surface area contributed by atoms with Crippen LogP contribution in [0.15, 0.2) is 117 Å². The second-order valence-corrected chi connectivity index (χ2v) is 12.5. The molecule has 0 aromatic heterocycles. The smallest absolute Gasteiger partial charge is 0.264 e. The number of nitrogens with zero attached hydrogens (tertiary/aromatic N) is 1. The Hall–Kier alpha value is -3.09. The molecule has 4 nitrogen and oxygen atoms in total. The summed E-state index contributed by atoms with van der Waals surface area (Å²) in [5, 5.41) is 0. The first-order valence-corrected chi connectivity index (χ1v) is 14.3. The molecule has 2 aliphatic rings. The molecule has 3 aromatic carbocycles. The van der Waals surface area contributed by atoms with Gasteiger partial charge in [-0.05, 0) is 69.5 Å². The van der Waals surface area contributed by atoms with Gasteiger partial charge in [-0.2, -0.15) is 0 Å². The summed E-state index contributed by atoms with van der Waals surface area (Å²) in [5.41, 5.74) is 2.41. The molecule has 0 amide bonds. The van der Waals surface area contributed by atoms with Gasteiger partial charge in [0.25, 0.3) is 10.0 Å². The molecule has 0 radical (unpaired) electrons. The molecule has 2 atom stereocenters. The number of allylic oxidation sites excluding steroid dienone is 3. The van der Waals surface area contributed by atoms with Crippen LogP contribution in [-0.2, 0) is 20.2 Å². The fraction of sp³-hybridized carbons (Fsp3) is 0.233. The molecule has 5 rings (SSSR count). The summed E-state index contributed by atoms with van der Waals surface area (Å²) in [6.45, 7) is 5.93. The molecule has 0 saturated carbocycles. The van der Waals surface area contributed by atoms with Crippen LogP contribution >= 0.6 is 11.8 Å². The van der Waals surface area contributed by atoms with Gasteiger partial charge in [-0.25, -0.2) is 8.42 Å². The van der Waals surface area contributed by atoms with Gasteiger partial charge < -0.3 is 0 Å². The maximum Gasteiger partial charge on any atom is 0.264 e. The molecular weight excluding hydrogens is 486 g/mol. The van der Waals surface area contributed by atoms with Crippen molar-refractivity contribution in [1.29, 1.82) is 0 Å². The van der Waals surface area contributed by atoms with Crippen molar-refractivity contribution in [3.8, 4) is 0 Å². The predicted molar refractivity (Wildman–Crippen MR) is 147 cm³/mol. The van der Waals surface area contributed by atoms with Crippen molar-refractivity contribution in [2.45, 2.75) is 54.9 Å². The second kappa shape index (κ2) is 9.41. The Morgan fingerprint density at radius 3 is 2.19 bits per heavy atom. The third-order valence-corrected chi connectivity index (χ3v) is 10.2. The molecule has 0 fully saturated rings. The van der Waals surface area contributed by atoms with Crippen molar-refractivity contribution < 1.29 is 13.2 Å². The number of Topliss-reactive ketones (excluding diaryl/α,β-unsaturated/α-hetero) is 1. The van der Waals surface area contributed by atoms with Crippen LogP contribution in [0.4, 0.5) is 5.69 Å². The van der Waals surface area contributed by atoms with E-state index in [1.54, 1.807) is 30.3 Å². The lowest BCUT2D eigenvalue weighted by atomic mass is 9.66. The van der Waals surface area contributed by atoms with Crippen molar-refractivity contribution >= 4 is 33.3 Å². The summed E-state index contributed by atoms with van der Waals surface area (Å²) in [7, 11) is -3.89. The number of sulfonamides is 1. The third-order valence-electron chi connectivity index (χ3n) is 7.09. The van der Waals surface area contributed by atoms with Crippen LogP contribution in [0, 0.1) is 0 Å². The van der Waals surface area contributed by atoms with Crippen LogP contribution in [0.25, 0.3) is 0 Å². The number of anilines is 1. The quantitative estimate of drug-likeness (QED) is 0.204. The van der Waals surface area contributed by atoms with Gasteiger partial charge in [0.15, 0.2) is 5.78 Å². The number of fused-ring (bicyclic) bond motifs is 3. The van der Waals surface area contributed by atoms with E-state index in [0.717, 1.165) is 21.6 Å². The van der Waals surface area contributed by atoms with Crippen LogP contribution in [0.1, 0.15) is 39.2 Å². The number of para-hydroxylation sites is 1. The Balaban J connectivity index is 1.71. The van der Waals surface area contributed by atoms with Crippen molar-refractivity contribution in [1.82, 2.24) is 0 Å². The molecule has 0 saturated heterocycles. The first-order chi connectivity index (χ1) is 17.3. The minimum atomic E-state index is -3.89. The van der Waals surface area contributed by atoms with Crippen molar-refractivity contribution in [3.63, 3.8) is 0 Å². The zero-order chi connectivity index (χ0) is 25.5. The van der Waals surface area contributed by atoms with Crippen molar-refractivity contribution in [3.05, 3.63) is 113 Å². The van der Waals surface area contributed by atoms with Gasteiger partial charge >= 0.3 is 0 Å². The topological polar surface area (TPSA) is 54.5 Å². The number of carbonyl (C=O) groups is 1. The maximum atomic E-state index is 14.7. The summed E-state index contributed by atoms with van der Waals surface area (Å²) >= 11 is 1.46. The van der Waals surface area contributed by atoms with Gasteiger partial charge in [-0.1, -0.05) is 83.6 Å². The van der Waals surface area contributed by atoms with E-state index in [1.165, 1.54) is 16.1 Å². The first kappa shape index (κ1) is 24.6. The molecule has 0 spiro atoms. The minimum absolute atomic E-state index is 0.0108. The second-order valence-electron chi connectivity index (χ2n) is 9.65. The molecule has 3 aromatic rings. The van der Waals surface area contributed by atoms with Gasteiger partial charge in [0.2, 0.25) is 0 Å². The van der Waals surface area contributed by atoms with E-state index in [-0.39, 0.29) is 10.7 Å². The van der Waals surface area contributed by atoms with Crippen LogP contribution in [0.5, 0.6) is 0 Å². The van der Waals surface area contributed by atoms with Crippen molar-refractivity contribution in [2.24, 2.45) is 0 Å². The number of rotatable bonds is 6. The number of thioether (sulfide) groups is 1. The Bertz CT molecular complexity index is 1470. The van der Waals surface area contributed by atoms with Crippen LogP contribution in [0.3, 0.4) is 0 Å². The Kier molecular flexibility index (Phi) is 6.43. The van der Waals surface area contributed by atoms with E-state index in [0.29, 0.717) is 23.4 Å². The van der Waals surface area contributed by atoms with Gasteiger partial charge in [0, 0.05) is 4.90 Å². The van der Waals surface area contributed by atoms with Gasteiger partial charge in [0.1, 0.15) is 0 Å². The standard InChI is InChI=1S/C30H29NO3S2/c1-21(2)28(35-23-12-6-4-7-13-23)29(32)30-19-18-22(3)20-27(30)31(26-17-11-10-16-25(26)30)36(33,34)24-14-8-5-9-15-24/h4-18,27H,19-20H2,1-3H3/t27-,30+/m0/s1. The molecule has 0 bridgehead atoms. The van der Waals surface area contributed by atoms with Gasteiger partial charge in [-0.15, -0.1) is 0 Å². The molecule has 6 heteroatoms. The van der Waals surface area contributed by atoms with Gasteiger partial charge in [-0.3, -0.25) is 9.10 Å². The van der Waals surface area contributed by atoms with Gasteiger partial charge in [0.05, 0.1) is 26.9 Å². The van der Waals surface area contributed by atoms with Crippen LogP contribution < -0.4 is 4.31 Å². The molecule has 0 N–H and O–H groups in total. The van der Waals surface area contributed by atoms with E-state index in [4.69, 9.17) is 0 Å². The summed E-state index contributed by atoms with van der Waals surface area (Å²) < 4.78 is 29.7. The van der Waals surface area contributed by atoms with Crippen molar-refractivity contribution in [2.75, 3.05) is 4.31 Å². The Labute approximate surface area is 217 Å². The highest BCUT2D eigenvalue weighted by atomic mass is 32.2. The Morgan fingerprint density at radius 2 is 1.53 bits per heavy atom. The highest BCUT2D eigenvalue weighted by Gasteiger charge is 2.59. The molecule has 1 aliphatic carbocycles. The summed E-state index contributed by atoms with van der Waals surface area (Å²) in [6.07, 6.45) is 3.07. The highest BCUT2D eigenvalue weighted by molar-refractivity contribution is 8.04. The minimum Gasteiger partial charge on any atom is -0.292 e.